The van der Waals surface area contributed by atoms with Gasteiger partial charge in [0.05, 0.1) is 0 Å². The van der Waals surface area contributed by atoms with Gasteiger partial charge in [0.2, 0.25) is 0 Å². The molecule has 1 saturated heterocycles. The second-order valence-electron chi connectivity index (χ2n) is 6.78. The van der Waals surface area contributed by atoms with Crippen molar-refractivity contribution in [1.29, 1.82) is 0 Å². The van der Waals surface area contributed by atoms with Gasteiger partial charge in [0.25, 0.3) is 0 Å². The van der Waals surface area contributed by atoms with Crippen LogP contribution in [0.4, 0.5) is 0 Å². The number of nitrogens with one attached hydrogen (secondary N) is 1. The summed E-state index contributed by atoms with van der Waals surface area (Å²) in [5, 5.41) is 3.82. The maximum Gasteiger partial charge on any atom is 0.00720 e. The lowest BCUT2D eigenvalue weighted by atomic mass is 9.95. The molecule has 102 valence electrons. The second-order valence-corrected chi connectivity index (χ2v) is 6.78. The molecular weight excluding hydrogens is 208 g/mol. The Morgan fingerprint density at radius 2 is 1.71 bits per heavy atom. The molecule has 0 spiro atoms. The predicted molar refractivity (Wildman–Crippen MR) is 76.3 cm³/mol. The second kappa shape index (κ2) is 7.38. The average molecular weight is 240 g/mol. The summed E-state index contributed by atoms with van der Waals surface area (Å²) in [4.78, 5) is 2.45. The van der Waals surface area contributed by atoms with E-state index in [-0.39, 0.29) is 0 Å². The molecular formula is C15H32N2. The van der Waals surface area contributed by atoms with Crippen LogP contribution in [-0.4, -0.2) is 37.6 Å². The SMILES string of the molecule is CC(C)CC(CC(C)C)NCC1CCN(C)C1. The first-order chi connectivity index (χ1) is 7.97. The molecule has 0 radical (unpaired) electrons. The fourth-order valence-electron chi connectivity index (χ4n) is 2.93. The first kappa shape index (κ1) is 15.0. The Bertz CT molecular complexity index is 191. The van der Waals surface area contributed by atoms with Crippen LogP contribution in [0.3, 0.4) is 0 Å². The Morgan fingerprint density at radius 3 is 2.12 bits per heavy atom. The van der Waals surface area contributed by atoms with Gasteiger partial charge in [-0.15, -0.1) is 0 Å². The minimum atomic E-state index is 0.723. The summed E-state index contributed by atoms with van der Waals surface area (Å²) in [5.41, 5.74) is 0. The van der Waals surface area contributed by atoms with Crippen molar-refractivity contribution in [2.75, 3.05) is 26.7 Å². The van der Waals surface area contributed by atoms with Crippen LogP contribution in [0.5, 0.6) is 0 Å². The number of likely N-dealkylation sites (tertiary alicyclic amines) is 1. The lowest BCUT2D eigenvalue weighted by Crippen LogP contribution is -2.36. The molecule has 1 atom stereocenters. The molecule has 17 heavy (non-hydrogen) atoms. The molecule has 0 aliphatic carbocycles. The molecule has 1 fully saturated rings. The summed E-state index contributed by atoms with van der Waals surface area (Å²) < 4.78 is 0. The fraction of sp³-hybridized carbons (Fsp3) is 1.00. The van der Waals surface area contributed by atoms with Gasteiger partial charge in [-0.1, -0.05) is 27.7 Å². The zero-order valence-corrected chi connectivity index (χ0v) is 12.5. The van der Waals surface area contributed by atoms with E-state index in [9.17, 15) is 0 Å². The van der Waals surface area contributed by atoms with Crippen LogP contribution in [0.25, 0.3) is 0 Å². The highest BCUT2D eigenvalue weighted by atomic mass is 15.1. The summed E-state index contributed by atoms with van der Waals surface area (Å²) in [6.07, 6.45) is 4.01. The van der Waals surface area contributed by atoms with E-state index in [4.69, 9.17) is 0 Å². The van der Waals surface area contributed by atoms with Gasteiger partial charge in [-0.2, -0.15) is 0 Å². The van der Waals surface area contributed by atoms with Gasteiger partial charge >= 0.3 is 0 Å². The first-order valence-electron chi connectivity index (χ1n) is 7.39. The Morgan fingerprint density at radius 1 is 1.12 bits per heavy atom. The van der Waals surface area contributed by atoms with Crippen molar-refractivity contribution < 1.29 is 0 Å². The van der Waals surface area contributed by atoms with Crippen LogP contribution in [0, 0.1) is 17.8 Å². The minimum Gasteiger partial charge on any atom is -0.314 e. The Balaban J connectivity index is 2.27. The minimum absolute atomic E-state index is 0.723. The predicted octanol–water partition coefficient (Wildman–Crippen LogP) is 2.99. The standard InChI is InChI=1S/C15H32N2/c1-12(2)8-15(9-13(3)4)16-10-14-6-7-17(5)11-14/h12-16H,6-11H2,1-5H3. The molecule has 0 aromatic carbocycles. The molecule has 2 heteroatoms. The van der Waals surface area contributed by atoms with Crippen LogP contribution >= 0.6 is 0 Å². The molecule has 1 heterocycles. The van der Waals surface area contributed by atoms with Gasteiger partial charge in [0.15, 0.2) is 0 Å². The fourth-order valence-corrected chi connectivity index (χ4v) is 2.93. The average Bonchev–Trinajstić information content (AvgIpc) is 2.59. The summed E-state index contributed by atoms with van der Waals surface area (Å²) in [6, 6.07) is 0.723. The number of hydrogen-bond donors (Lipinski definition) is 1. The number of nitrogens with zero attached hydrogens (tertiary/aromatic N) is 1. The van der Waals surface area contributed by atoms with Crippen molar-refractivity contribution in [3.63, 3.8) is 0 Å². The Hall–Kier alpha value is -0.0800. The van der Waals surface area contributed by atoms with Crippen molar-refractivity contribution in [1.82, 2.24) is 10.2 Å². The Labute approximate surface area is 108 Å². The van der Waals surface area contributed by atoms with E-state index in [2.05, 4.69) is 45.0 Å². The van der Waals surface area contributed by atoms with Gasteiger partial charge in [-0.25, -0.2) is 0 Å². The lowest BCUT2D eigenvalue weighted by Gasteiger charge is -2.24. The molecule has 1 aliphatic rings. The third-order valence-corrected chi connectivity index (χ3v) is 3.70. The molecule has 0 amide bonds. The quantitative estimate of drug-likeness (QED) is 0.736. The molecule has 0 bridgehead atoms. The van der Waals surface area contributed by atoms with Crippen molar-refractivity contribution >= 4 is 0 Å². The van der Waals surface area contributed by atoms with Crippen molar-refractivity contribution in [3.05, 3.63) is 0 Å². The number of rotatable bonds is 7. The zero-order chi connectivity index (χ0) is 12.8. The molecule has 0 saturated carbocycles. The third kappa shape index (κ3) is 6.42. The smallest absolute Gasteiger partial charge is 0.00720 e. The first-order valence-corrected chi connectivity index (χ1v) is 7.39. The number of hydrogen-bond acceptors (Lipinski definition) is 2. The van der Waals surface area contributed by atoms with E-state index >= 15 is 0 Å². The Kier molecular flexibility index (Phi) is 6.50. The van der Waals surface area contributed by atoms with Gasteiger partial charge in [-0.3, -0.25) is 0 Å². The molecule has 1 aliphatic heterocycles. The van der Waals surface area contributed by atoms with E-state index in [1.807, 2.05) is 0 Å². The van der Waals surface area contributed by atoms with Crippen molar-refractivity contribution in [2.24, 2.45) is 17.8 Å². The van der Waals surface area contributed by atoms with Crippen LogP contribution in [0.1, 0.15) is 47.0 Å². The van der Waals surface area contributed by atoms with Crippen molar-refractivity contribution in [3.8, 4) is 0 Å². The molecule has 0 aromatic rings. The van der Waals surface area contributed by atoms with Crippen LogP contribution < -0.4 is 5.32 Å². The highest BCUT2D eigenvalue weighted by Gasteiger charge is 2.20. The monoisotopic (exact) mass is 240 g/mol. The summed E-state index contributed by atoms with van der Waals surface area (Å²) in [6.45, 7) is 13.1. The van der Waals surface area contributed by atoms with Crippen LogP contribution in [-0.2, 0) is 0 Å². The van der Waals surface area contributed by atoms with Gasteiger partial charge < -0.3 is 10.2 Å². The maximum absolute atomic E-state index is 3.82. The van der Waals surface area contributed by atoms with E-state index in [1.54, 1.807) is 0 Å². The highest BCUT2D eigenvalue weighted by molar-refractivity contribution is 4.78. The van der Waals surface area contributed by atoms with E-state index in [0.29, 0.717) is 0 Å². The molecule has 1 rings (SSSR count). The highest BCUT2D eigenvalue weighted by Crippen LogP contribution is 2.16. The lowest BCUT2D eigenvalue weighted by molar-refractivity contribution is 0.330. The van der Waals surface area contributed by atoms with Gasteiger partial charge in [0.1, 0.15) is 0 Å². The molecule has 1 N–H and O–H groups in total. The maximum atomic E-state index is 3.82. The summed E-state index contributed by atoms with van der Waals surface area (Å²) >= 11 is 0. The van der Waals surface area contributed by atoms with E-state index in [0.717, 1.165) is 23.8 Å². The summed E-state index contributed by atoms with van der Waals surface area (Å²) in [5.74, 6) is 2.48. The molecule has 1 unspecified atom stereocenters. The van der Waals surface area contributed by atoms with Crippen LogP contribution in [0.15, 0.2) is 0 Å². The van der Waals surface area contributed by atoms with E-state index < -0.39 is 0 Å². The third-order valence-electron chi connectivity index (χ3n) is 3.70. The van der Waals surface area contributed by atoms with Crippen molar-refractivity contribution in [2.45, 2.75) is 53.0 Å². The van der Waals surface area contributed by atoms with Gasteiger partial charge in [-0.05, 0) is 57.2 Å². The molecule has 2 nitrogen and oxygen atoms in total. The van der Waals surface area contributed by atoms with Crippen LogP contribution in [0.2, 0.25) is 0 Å². The largest absolute Gasteiger partial charge is 0.314 e. The van der Waals surface area contributed by atoms with E-state index in [1.165, 1.54) is 38.9 Å². The zero-order valence-electron chi connectivity index (χ0n) is 12.5. The summed E-state index contributed by atoms with van der Waals surface area (Å²) in [7, 11) is 2.24. The normalized spacial score (nSPS) is 22.2. The van der Waals surface area contributed by atoms with Gasteiger partial charge in [0, 0.05) is 12.6 Å². The topological polar surface area (TPSA) is 15.3 Å². The molecule has 0 aromatic heterocycles.